The Kier molecular flexibility index (Phi) is 8.53. The molecule has 0 saturated carbocycles. The lowest BCUT2D eigenvalue weighted by Gasteiger charge is -2.17. The lowest BCUT2D eigenvalue weighted by molar-refractivity contribution is 0.0936. The van der Waals surface area contributed by atoms with Crippen LogP contribution in [0.3, 0.4) is 0 Å². The number of H-pyrrole nitrogens is 1. The van der Waals surface area contributed by atoms with Gasteiger partial charge in [0.2, 0.25) is 0 Å². The molecule has 38 heavy (non-hydrogen) atoms. The van der Waals surface area contributed by atoms with Gasteiger partial charge < -0.3 is 15.2 Å². The van der Waals surface area contributed by atoms with Gasteiger partial charge >= 0.3 is 5.69 Å². The third-order valence-corrected chi connectivity index (χ3v) is 6.30. The summed E-state index contributed by atoms with van der Waals surface area (Å²) in [5.41, 5.74) is 0.436. The van der Waals surface area contributed by atoms with Crippen LogP contribution in [0.2, 0.25) is 15.1 Å². The standard InChI is InChI=1S/C26H21Cl3N4O5/c1-14(8-15-2-5-17(27)6-3-15)31-25(36)20-11-19(7-4-16(20)13-34)38-24-21(28)9-18(10-22(24)29)33-26(37)32-23(35)12-30-33/h2-7,9-12,14,34H,8,13H2,1H3,(H,31,36)(H,32,35,37). The van der Waals surface area contributed by atoms with E-state index in [9.17, 15) is 19.5 Å². The highest BCUT2D eigenvalue weighted by atomic mass is 35.5. The normalized spacial score (nSPS) is 11.7. The zero-order valence-electron chi connectivity index (χ0n) is 19.9. The van der Waals surface area contributed by atoms with E-state index in [4.69, 9.17) is 39.5 Å². The number of nitrogens with one attached hydrogen (secondary N) is 2. The Morgan fingerprint density at radius 1 is 1.08 bits per heavy atom. The molecule has 1 amide bonds. The highest BCUT2D eigenvalue weighted by molar-refractivity contribution is 6.37. The lowest BCUT2D eigenvalue weighted by Crippen LogP contribution is -2.34. The minimum absolute atomic E-state index is 0.0567. The number of carbonyl (C=O) groups excluding carboxylic acids is 1. The minimum Gasteiger partial charge on any atom is -0.454 e. The van der Waals surface area contributed by atoms with Crippen molar-refractivity contribution in [1.82, 2.24) is 20.1 Å². The van der Waals surface area contributed by atoms with Gasteiger partial charge in [-0.05, 0) is 60.9 Å². The number of hydrogen-bond donors (Lipinski definition) is 3. The van der Waals surface area contributed by atoms with Gasteiger partial charge in [-0.15, -0.1) is 0 Å². The Morgan fingerprint density at radius 3 is 2.39 bits per heavy atom. The van der Waals surface area contributed by atoms with Gasteiger partial charge in [0, 0.05) is 16.6 Å². The number of ether oxygens (including phenoxy) is 1. The molecular weight excluding hydrogens is 555 g/mol. The number of carbonyl (C=O) groups is 1. The number of nitrogens with zero attached hydrogens (tertiary/aromatic N) is 2. The van der Waals surface area contributed by atoms with E-state index in [-0.39, 0.29) is 45.4 Å². The minimum atomic E-state index is -0.765. The smallest absolute Gasteiger partial charge is 0.349 e. The van der Waals surface area contributed by atoms with Gasteiger partial charge in [-0.25, -0.2) is 4.79 Å². The number of benzene rings is 3. The van der Waals surface area contributed by atoms with Crippen molar-refractivity contribution < 1.29 is 14.6 Å². The van der Waals surface area contributed by atoms with Crippen LogP contribution in [0.5, 0.6) is 11.5 Å². The van der Waals surface area contributed by atoms with Crippen LogP contribution in [0.15, 0.2) is 70.4 Å². The number of hydrogen-bond acceptors (Lipinski definition) is 6. The van der Waals surface area contributed by atoms with Gasteiger partial charge in [-0.2, -0.15) is 9.78 Å². The van der Waals surface area contributed by atoms with Crippen LogP contribution in [0.25, 0.3) is 5.69 Å². The summed E-state index contributed by atoms with van der Waals surface area (Å²) in [5, 5.41) is 17.2. The zero-order chi connectivity index (χ0) is 27.4. The Morgan fingerprint density at radius 2 is 1.76 bits per heavy atom. The van der Waals surface area contributed by atoms with Crippen molar-refractivity contribution in [3.63, 3.8) is 0 Å². The van der Waals surface area contributed by atoms with Gasteiger partial charge in [0.25, 0.3) is 11.5 Å². The second-order valence-corrected chi connectivity index (χ2v) is 9.62. The first-order chi connectivity index (χ1) is 18.1. The molecule has 0 spiro atoms. The first-order valence-corrected chi connectivity index (χ1v) is 12.4. The topological polar surface area (TPSA) is 126 Å². The Bertz CT molecular complexity index is 1580. The highest BCUT2D eigenvalue weighted by Crippen LogP contribution is 2.38. The monoisotopic (exact) mass is 574 g/mol. The number of aliphatic hydroxyl groups is 1. The van der Waals surface area contributed by atoms with Gasteiger partial charge in [0.1, 0.15) is 11.9 Å². The van der Waals surface area contributed by atoms with E-state index in [1.807, 2.05) is 19.1 Å². The fourth-order valence-corrected chi connectivity index (χ4v) is 4.39. The van der Waals surface area contributed by atoms with Crippen molar-refractivity contribution in [1.29, 1.82) is 0 Å². The second kappa shape index (κ2) is 11.8. The maximum Gasteiger partial charge on any atom is 0.349 e. The predicted molar refractivity (Wildman–Crippen MR) is 145 cm³/mol. The molecule has 12 heteroatoms. The fraction of sp³-hybridized carbons (Fsp3) is 0.154. The maximum atomic E-state index is 13.1. The third kappa shape index (κ3) is 6.43. The Labute approximate surface area is 231 Å². The third-order valence-electron chi connectivity index (χ3n) is 5.49. The molecule has 0 saturated heterocycles. The largest absolute Gasteiger partial charge is 0.454 e. The second-order valence-electron chi connectivity index (χ2n) is 8.37. The quantitative estimate of drug-likeness (QED) is 0.283. The molecule has 1 heterocycles. The van der Waals surface area contributed by atoms with E-state index >= 15 is 0 Å². The van der Waals surface area contributed by atoms with Crippen LogP contribution in [-0.2, 0) is 13.0 Å². The van der Waals surface area contributed by atoms with Crippen molar-refractivity contribution in [3.8, 4) is 17.2 Å². The summed E-state index contributed by atoms with van der Waals surface area (Å²) in [7, 11) is 0. The Hall–Kier alpha value is -3.63. The number of aliphatic hydroxyl groups excluding tert-OH is 1. The van der Waals surface area contributed by atoms with Gasteiger partial charge in [-0.3, -0.25) is 14.6 Å². The van der Waals surface area contributed by atoms with Crippen LogP contribution < -0.4 is 21.3 Å². The van der Waals surface area contributed by atoms with Crippen molar-refractivity contribution >= 4 is 40.7 Å². The average Bonchev–Trinajstić information content (AvgIpc) is 2.87. The fourth-order valence-electron chi connectivity index (χ4n) is 3.72. The highest BCUT2D eigenvalue weighted by Gasteiger charge is 2.18. The summed E-state index contributed by atoms with van der Waals surface area (Å²) in [6.07, 6.45) is 1.53. The number of amides is 1. The molecule has 0 bridgehead atoms. The molecule has 1 atom stereocenters. The molecule has 0 radical (unpaired) electrons. The molecule has 0 aliphatic carbocycles. The van der Waals surface area contributed by atoms with Gasteiger partial charge in [0.05, 0.1) is 22.3 Å². The predicted octanol–water partition coefficient (Wildman–Crippen LogP) is 4.53. The summed E-state index contributed by atoms with van der Waals surface area (Å²) >= 11 is 18.7. The summed E-state index contributed by atoms with van der Waals surface area (Å²) in [5.74, 6) is -0.0700. The number of halogens is 3. The van der Waals surface area contributed by atoms with E-state index in [1.165, 1.54) is 18.2 Å². The molecular formula is C26H21Cl3N4O5. The van der Waals surface area contributed by atoms with Crippen LogP contribution in [0.4, 0.5) is 0 Å². The van der Waals surface area contributed by atoms with E-state index in [0.29, 0.717) is 17.0 Å². The maximum absolute atomic E-state index is 13.1. The SMILES string of the molecule is CC(Cc1ccc(Cl)cc1)NC(=O)c1cc(Oc2c(Cl)cc(-n3ncc(=O)[nH]c3=O)cc2Cl)ccc1CO. The summed E-state index contributed by atoms with van der Waals surface area (Å²) in [4.78, 5) is 38.5. The van der Waals surface area contributed by atoms with E-state index in [2.05, 4.69) is 15.4 Å². The number of aromatic amines is 1. The van der Waals surface area contributed by atoms with Crippen molar-refractivity contribution in [2.24, 2.45) is 0 Å². The van der Waals surface area contributed by atoms with E-state index in [1.54, 1.807) is 24.3 Å². The zero-order valence-corrected chi connectivity index (χ0v) is 22.1. The van der Waals surface area contributed by atoms with Crippen LogP contribution in [-0.4, -0.2) is 31.8 Å². The molecule has 4 rings (SSSR count). The number of rotatable bonds is 8. The van der Waals surface area contributed by atoms with Crippen molar-refractivity contribution in [3.05, 3.63) is 113 Å². The summed E-state index contributed by atoms with van der Waals surface area (Å²) in [6, 6.07) is 14.5. The first kappa shape index (κ1) is 27.4. The van der Waals surface area contributed by atoms with Crippen LogP contribution >= 0.6 is 34.8 Å². The van der Waals surface area contributed by atoms with Gasteiger partial charge in [-0.1, -0.05) is 53.0 Å². The van der Waals surface area contributed by atoms with Crippen LogP contribution in [0, 0.1) is 0 Å². The summed E-state index contributed by atoms with van der Waals surface area (Å²) in [6.45, 7) is 1.51. The van der Waals surface area contributed by atoms with E-state index in [0.717, 1.165) is 16.4 Å². The molecule has 1 unspecified atom stereocenters. The van der Waals surface area contributed by atoms with Gasteiger partial charge in [0.15, 0.2) is 5.75 Å². The molecule has 0 fully saturated rings. The molecule has 4 aromatic rings. The van der Waals surface area contributed by atoms with E-state index < -0.39 is 17.2 Å². The average molecular weight is 576 g/mol. The molecule has 196 valence electrons. The number of aromatic nitrogens is 3. The van der Waals surface area contributed by atoms with Crippen LogP contribution in [0.1, 0.15) is 28.4 Å². The molecule has 1 aromatic heterocycles. The molecule has 0 aliphatic rings. The summed E-state index contributed by atoms with van der Waals surface area (Å²) < 4.78 is 6.80. The molecule has 0 aliphatic heterocycles. The Balaban J connectivity index is 1.55. The molecule has 3 aromatic carbocycles. The molecule has 9 nitrogen and oxygen atoms in total. The lowest BCUT2D eigenvalue weighted by atomic mass is 10.0. The van der Waals surface area contributed by atoms with Crippen molar-refractivity contribution in [2.45, 2.75) is 26.0 Å². The van der Waals surface area contributed by atoms with Crippen molar-refractivity contribution in [2.75, 3.05) is 0 Å². The first-order valence-electron chi connectivity index (χ1n) is 11.3. The molecule has 3 N–H and O–H groups in total.